The molecule has 0 saturated carbocycles. The molecule has 216 valence electrons. The van der Waals surface area contributed by atoms with Crippen molar-refractivity contribution in [2.45, 2.75) is 123 Å². The highest BCUT2D eigenvalue weighted by Crippen LogP contribution is 2.19. The van der Waals surface area contributed by atoms with E-state index in [9.17, 15) is 9.59 Å². The van der Waals surface area contributed by atoms with Crippen LogP contribution in [0.4, 0.5) is 4.79 Å². The second kappa shape index (κ2) is 18.3. The standard InChI is InChI=1S/C32H55N3O3/c1-5-6-7-8-9-10-11-12-13-14-15-16-20-23-34-24-26-35(27-25-34)30(36)29(28-21-18-17-19-22-28)33-31(37)38-32(2,3)4/h17-19,21-22,29H,5-16,20,23-27H2,1-4H3,(H,33,37). The molecule has 0 aliphatic carbocycles. The first kappa shape index (κ1) is 32.1. The molecule has 0 spiro atoms. The SMILES string of the molecule is CCCCCCCCCCCCCCCN1CCN(C(=O)C(NC(=O)OC(C)(C)C)c2ccccc2)CC1. The topological polar surface area (TPSA) is 61.9 Å². The summed E-state index contributed by atoms with van der Waals surface area (Å²) in [7, 11) is 0. The van der Waals surface area contributed by atoms with Crippen molar-refractivity contribution in [3.63, 3.8) is 0 Å². The second-order valence-corrected chi connectivity index (χ2v) is 11.9. The summed E-state index contributed by atoms with van der Waals surface area (Å²) in [5, 5.41) is 2.81. The summed E-state index contributed by atoms with van der Waals surface area (Å²) in [6.45, 7) is 12.0. The maximum Gasteiger partial charge on any atom is 0.408 e. The summed E-state index contributed by atoms with van der Waals surface area (Å²) < 4.78 is 5.43. The number of piperazine rings is 1. The Labute approximate surface area is 232 Å². The first-order chi connectivity index (χ1) is 18.3. The summed E-state index contributed by atoms with van der Waals surface area (Å²) >= 11 is 0. The number of rotatable bonds is 17. The molecular weight excluding hydrogens is 474 g/mol. The first-order valence-electron chi connectivity index (χ1n) is 15.4. The zero-order chi connectivity index (χ0) is 27.6. The molecule has 1 aromatic rings. The molecule has 38 heavy (non-hydrogen) atoms. The van der Waals surface area contributed by atoms with E-state index in [1.165, 1.54) is 83.5 Å². The van der Waals surface area contributed by atoms with E-state index in [4.69, 9.17) is 4.74 Å². The monoisotopic (exact) mass is 529 g/mol. The van der Waals surface area contributed by atoms with Gasteiger partial charge in [-0.1, -0.05) is 114 Å². The summed E-state index contributed by atoms with van der Waals surface area (Å²) in [6.07, 6.45) is 17.3. The molecular formula is C32H55N3O3. The Bertz CT molecular complexity index is 770. The number of carbonyl (C=O) groups is 2. The number of amides is 2. The Morgan fingerprint density at radius 3 is 1.79 bits per heavy atom. The molecule has 1 aliphatic heterocycles. The van der Waals surface area contributed by atoms with E-state index in [1.54, 1.807) is 0 Å². The minimum Gasteiger partial charge on any atom is -0.444 e. The number of carbonyl (C=O) groups excluding carboxylic acids is 2. The predicted molar refractivity (Wildman–Crippen MR) is 157 cm³/mol. The van der Waals surface area contributed by atoms with Crippen molar-refractivity contribution in [2.75, 3.05) is 32.7 Å². The Hall–Kier alpha value is -2.08. The normalized spacial score (nSPS) is 15.3. The van der Waals surface area contributed by atoms with Gasteiger partial charge in [0.15, 0.2) is 0 Å². The van der Waals surface area contributed by atoms with Gasteiger partial charge in [0.05, 0.1) is 0 Å². The van der Waals surface area contributed by atoms with Gasteiger partial charge in [-0.3, -0.25) is 9.69 Å². The van der Waals surface area contributed by atoms with Gasteiger partial charge in [0.25, 0.3) is 0 Å². The maximum absolute atomic E-state index is 13.4. The van der Waals surface area contributed by atoms with Gasteiger partial charge in [-0.25, -0.2) is 4.79 Å². The lowest BCUT2D eigenvalue weighted by molar-refractivity contribution is -0.135. The van der Waals surface area contributed by atoms with Gasteiger partial charge in [-0.15, -0.1) is 0 Å². The van der Waals surface area contributed by atoms with E-state index < -0.39 is 17.7 Å². The van der Waals surface area contributed by atoms with Crippen molar-refractivity contribution < 1.29 is 14.3 Å². The van der Waals surface area contributed by atoms with Crippen molar-refractivity contribution in [3.8, 4) is 0 Å². The van der Waals surface area contributed by atoms with Gasteiger partial charge < -0.3 is 15.0 Å². The molecule has 1 fully saturated rings. The average Bonchev–Trinajstić information content (AvgIpc) is 2.89. The van der Waals surface area contributed by atoms with Gasteiger partial charge in [0, 0.05) is 26.2 Å². The van der Waals surface area contributed by atoms with Gasteiger partial charge in [-0.2, -0.15) is 0 Å². The van der Waals surface area contributed by atoms with Crippen LogP contribution in [0.1, 0.15) is 123 Å². The van der Waals surface area contributed by atoms with Gasteiger partial charge in [-0.05, 0) is 39.3 Å². The number of ether oxygens (including phenoxy) is 1. The fourth-order valence-electron chi connectivity index (χ4n) is 5.09. The first-order valence-corrected chi connectivity index (χ1v) is 15.4. The molecule has 1 saturated heterocycles. The summed E-state index contributed by atoms with van der Waals surface area (Å²) in [5.74, 6) is -0.0670. The zero-order valence-corrected chi connectivity index (χ0v) is 24.8. The van der Waals surface area contributed by atoms with Crippen molar-refractivity contribution in [1.82, 2.24) is 15.1 Å². The summed E-state index contributed by atoms with van der Waals surface area (Å²) in [4.78, 5) is 30.3. The van der Waals surface area contributed by atoms with Crippen LogP contribution in [0, 0.1) is 0 Å². The Kier molecular flexibility index (Phi) is 15.4. The molecule has 2 rings (SSSR count). The molecule has 0 radical (unpaired) electrons. The van der Waals surface area contributed by atoms with Crippen molar-refractivity contribution in [3.05, 3.63) is 35.9 Å². The van der Waals surface area contributed by atoms with E-state index in [0.717, 1.165) is 25.2 Å². The quantitative estimate of drug-likeness (QED) is 0.212. The minimum atomic E-state index is -0.737. The molecule has 2 amide bonds. The van der Waals surface area contributed by atoms with E-state index in [0.29, 0.717) is 13.1 Å². The van der Waals surface area contributed by atoms with Crippen LogP contribution in [0.2, 0.25) is 0 Å². The summed E-state index contributed by atoms with van der Waals surface area (Å²) in [6, 6.07) is 8.71. The van der Waals surface area contributed by atoms with E-state index in [1.807, 2.05) is 56.0 Å². The van der Waals surface area contributed by atoms with Gasteiger partial charge in [0.1, 0.15) is 11.6 Å². The molecule has 1 aromatic carbocycles. The molecule has 6 heteroatoms. The molecule has 1 aliphatic rings. The smallest absolute Gasteiger partial charge is 0.408 e. The lowest BCUT2D eigenvalue weighted by Gasteiger charge is -2.36. The highest BCUT2D eigenvalue weighted by Gasteiger charge is 2.31. The van der Waals surface area contributed by atoms with Crippen LogP contribution < -0.4 is 5.32 Å². The highest BCUT2D eigenvalue weighted by molar-refractivity contribution is 5.87. The van der Waals surface area contributed by atoms with Gasteiger partial charge >= 0.3 is 6.09 Å². The minimum absolute atomic E-state index is 0.0670. The van der Waals surface area contributed by atoms with Crippen molar-refractivity contribution >= 4 is 12.0 Å². The largest absolute Gasteiger partial charge is 0.444 e. The molecule has 1 N–H and O–H groups in total. The third-order valence-electron chi connectivity index (χ3n) is 7.30. The van der Waals surface area contributed by atoms with Crippen LogP contribution in [0.3, 0.4) is 0 Å². The third kappa shape index (κ3) is 13.6. The maximum atomic E-state index is 13.4. The zero-order valence-electron chi connectivity index (χ0n) is 24.8. The van der Waals surface area contributed by atoms with Crippen molar-refractivity contribution in [1.29, 1.82) is 0 Å². The lowest BCUT2D eigenvalue weighted by Crippen LogP contribution is -2.52. The molecule has 0 bridgehead atoms. The number of nitrogens with zero attached hydrogens (tertiary/aromatic N) is 2. The number of hydrogen-bond acceptors (Lipinski definition) is 4. The van der Waals surface area contributed by atoms with Crippen LogP contribution in [-0.2, 0) is 9.53 Å². The van der Waals surface area contributed by atoms with Crippen LogP contribution in [-0.4, -0.2) is 60.1 Å². The number of unbranched alkanes of at least 4 members (excludes halogenated alkanes) is 12. The van der Waals surface area contributed by atoms with Crippen LogP contribution >= 0.6 is 0 Å². The fourth-order valence-corrected chi connectivity index (χ4v) is 5.09. The molecule has 1 heterocycles. The van der Waals surface area contributed by atoms with Crippen LogP contribution in [0.5, 0.6) is 0 Å². The molecule has 1 unspecified atom stereocenters. The Balaban J connectivity index is 1.63. The number of alkyl carbamates (subject to hydrolysis) is 1. The molecule has 1 atom stereocenters. The number of hydrogen-bond donors (Lipinski definition) is 1. The summed E-state index contributed by atoms with van der Waals surface area (Å²) in [5.41, 5.74) is 0.158. The van der Waals surface area contributed by atoms with Crippen molar-refractivity contribution in [2.24, 2.45) is 0 Å². The van der Waals surface area contributed by atoms with E-state index >= 15 is 0 Å². The number of nitrogens with one attached hydrogen (secondary N) is 1. The lowest BCUT2D eigenvalue weighted by atomic mass is 10.0. The van der Waals surface area contributed by atoms with Crippen LogP contribution in [0.15, 0.2) is 30.3 Å². The third-order valence-corrected chi connectivity index (χ3v) is 7.30. The van der Waals surface area contributed by atoms with E-state index in [2.05, 4.69) is 17.1 Å². The second-order valence-electron chi connectivity index (χ2n) is 11.9. The average molecular weight is 530 g/mol. The Morgan fingerprint density at radius 2 is 1.29 bits per heavy atom. The molecule has 0 aromatic heterocycles. The predicted octanol–water partition coefficient (Wildman–Crippen LogP) is 7.49. The fraction of sp³-hybridized carbons (Fsp3) is 0.750. The molecule has 6 nitrogen and oxygen atoms in total. The number of benzene rings is 1. The van der Waals surface area contributed by atoms with Crippen LogP contribution in [0.25, 0.3) is 0 Å². The Morgan fingerprint density at radius 1 is 0.789 bits per heavy atom. The van der Waals surface area contributed by atoms with Gasteiger partial charge in [0.2, 0.25) is 5.91 Å². The highest BCUT2D eigenvalue weighted by atomic mass is 16.6. The van der Waals surface area contributed by atoms with E-state index in [-0.39, 0.29) is 5.91 Å².